The molecule has 2 N–H and O–H groups in total. The maximum absolute atomic E-state index is 12.1. The first-order valence-corrected chi connectivity index (χ1v) is 9.25. The van der Waals surface area contributed by atoms with Gasteiger partial charge < -0.3 is 14.2 Å². The van der Waals surface area contributed by atoms with Gasteiger partial charge in [0.25, 0.3) is 11.8 Å². The Bertz CT molecular complexity index is 862. The molecule has 2 rings (SSSR count). The molecule has 29 heavy (non-hydrogen) atoms. The zero-order valence-electron chi connectivity index (χ0n) is 17.0. The Labute approximate surface area is 170 Å². The number of benzene rings is 2. The van der Waals surface area contributed by atoms with Gasteiger partial charge in [-0.3, -0.25) is 20.4 Å². The van der Waals surface area contributed by atoms with E-state index in [1.165, 1.54) is 6.08 Å². The van der Waals surface area contributed by atoms with Crippen molar-refractivity contribution in [1.82, 2.24) is 10.9 Å². The molecule has 1 atom stereocenters. The van der Waals surface area contributed by atoms with Crippen LogP contribution in [0.3, 0.4) is 0 Å². The number of amides is 2. The Kier molecular flexibility index (Phi) is 8.09. The summed E-state index contributed by atoms with van der Waals surface area (Å²) < 4.78 is 16.2. The fourth-order valence-corrected chi connectivity index (χ4v) is 2.45. The highest BCUT2D eigenvalue weighted by atomic mass is 16.5. The highest BCUT2D eigenvalue weighted by Crippen LogP contribution is 2.21. The van der Waals surface area contributed by atoms with Crippen LogP contribution in [0.4, 0.5) is 0 Å². The largest absolute Gasteiger partial charge is 0.496 e. The number of rotatable bonds is 8. The van der Waals surface area contributed by atoms with Gasteiger partial charge in [-0.2, -0.15) is 0 Å². The van der Waals surface area contributed by atoms with Crippen LogP contribution in [0, 0.1) is 6.92 Å². The third-order valence-corrected chi connectivity index (χ3v) is 3.93. The maximum Gasteiger partial charge on any atom is 0.279 e. The second-order valence-corrected chi connectivity index (χ2v) is 6.22. The fraction of sp³-hybridized carbons (Fsp3) is 0.273. The standard InChI is InChI=1S/C22H26N2O5/c1-5-28-18-8-10-19(11-9-18)29-16(3)22(26)24-23-21(25)13-7-17-14-15(2)6-12-20(17)27-4/h6-14,16H,5H2,1-4H3,(H,23,25)(H,24,26)/b13-7+/t16-/m1/s1. The number of hydrogen-bond acceptors (Lipinski definition) is 5. The van der Waals surface area contributed by atoms with Crippen LogP contribution >= 0.6 is 0 Å². The molecule has 0 heterocycles. The van der Waals surface area contributed by atoms with E-state index in [1.807, 2.05) is 32.0 Å². The third kappa shape index (κ3) is 6.88. The molecule has 2 amide bonds. The summed E-state index contributed by atoms with van der Waals surface area (Å²) in [5.74, 6) is 0.945. The summed E-state index contributed by atoms with van der Waals surface area (Å²) in [5.41, 5.74) is 6.48. The van der Waals surface area contributed by atoms with E-state index in [-0.39, 0.29) is 0 Å². The van der Waals surface area contributed by atoms with E-state index < -0.39 is 17.9 Å². The second kappa shape index (κ2) is 10.8. The van der Waals surface area contributed by atoms with Gasteiger partial charge >= 0.3 is 0 Å². The molecular weight excluding hydrogens is 372 g/mol. The third-order valence-electron chi connectivity index (χ3n) is 3.93. The van der Waals surface area contributed by atoms with Crippen molar-refractivity contribution in [2.24, 2.45) is 0 Å². The second-order valence-electron chi connectivity index (χ2n) is 6.22. The number of methoxy groups -OCH3 is 1. The van der Waals surface area contributed by atoms with Crippen molar-refractivity contribution in [3.63, 3.8) is 0 Å². The summed E-state index contributed by atoms with van der Waals surface area (Å²) in [4.78, 5) is 24.1. The lowest BCUT2D eigenvalue weighted by Gasteiger charge is -2.15. The Morgan fingerprint density at radius 3 is 2.41 bits per heavy atom. The van der Waals surface area contributed by atoms with Gasteiger partial charge in [0.2, 0.25) is 0 Å². The lowest BCUT2D eigenvalue weighted by atomic mass is 10.1. The van der Waals surface area contributed by atoms with Crippen molar-refractivity contribution in [2.45, 2.75) is 26.9 Å². The van der Waals surface area contributed by atoms with Crippen LogP contribution in [0.5, 0.6) is 17.2 Å². The molecule has 0 saturated heterocycles. The molecular formula is C22H26N2O5. The Morgan fingerprint density at radius 2 is 1.76 bits per heavy atom. The number of nitrogens with one attached hydrogen (secondary N) is 2. The Hall–Kier alpha value is -3.48. The first-order valence-electron chi connectivity index (χ1n) is 9.25. The van der Waals surface area contributed by atoms with Gasteiger partial charge in [0.15, 0.2) is 6.10 Å². The number of ether oxygens (including phenoxy) is 3. The molecule has 0 bridgehead atoms. The van der Waals surface area contributed by atoms with Crippen molar-refractivity contribution < 1.29 is 23.8 Å². The van der Waals surface area contributed by atoms with Crippen molar-refractivity contribution in [2.75, 3.05) is 13.7 Å². The quantitative estimate of drug-likeness (QED) is 0.527. The van der Waals surface area contributed by atoms with Crippen molar-refractivity contribution in [3.8, 4) is 17.2 Å². The predicted octanol–water partition coefficient (Wildman–Crippen LogP) is 3.03. The summed E-state index contributed by atoms with van der Waals surface area (Å²) in [5, 5.41) is 0. The van der Waals surface area contributed by atoms with Gasteiger partial charge in [0, 0.05) is 11.6 Å². The lowest BCUT2D eigenvalue weighted by Crippen LogP contribution is -2.46. The molecule has 0 aromatic heterocycles. The van der Waals surface area contributed by atoms with E-state index in [2.05, 4.69) is 10.9 Å². The average molecular weight is 398 g/mol. The molecule has 0 aliphatic carbocycles. The Morgan fingerprint density at radius 1 is 1.07 bits per heavy atom. The smallest absolute Gasteiger partial charge is 0.279 e. The number of aryl methyl sites for hydroxylation is 1. The van der Waals surface area contributed by atoms with Crippen molar-refractivity contribution in [3.05, 3.63) is 59.7 Å². The van der Waals surface area contributed by atoms with E-state index in [9.17, 15) is 9.59 Å². The van der Waals surface area contributed by atoms with Crippen LogP contribution in [-0.2, 0) is 9.59 Å². The zero-order chi connectivity index (χ0) is 21.2. The Balaban J connectivity index is 1.84. The molecule has 7 heteroatoms. The topological polar surface area (TPSA) is 85.9 Å². The van der Waals surface area contributed by atoms with Crippen molar-refractivity contribution in [1.29, 1.82) is 0 Å². The van der Waals surface area contributed by atoms with Crippen LogP contribution in [0.15, 0.2) is 48.5 Å². The van der Waals surface area contributed by atoms with E-state index in [0.717, 1.165) is 16.9 Å². The minimum absolute atomic E-state index is 0.477. The zero-order valence-corrected chi connectivity index (χ0v) is 17.0. The first kappa shape index (κ1) is 21.8. The number of hydrazine groups is 1. The van der Waals surface area contributed by atoms with Gasteiger partial charge in [-0.25, -0.2) is 0 Å². The minimum Gasteiger partial charge on any atom is -0.496 e. The maximum atomic E-state index is 12.1. The molecule has 0 spiro atoms. The summed E-state index contributed by atoms with van der Waals surface area (Å²) in [6.45, 7) is 6.01. The molecule has 154 valence electrons. The molecule has 0 aliphatic rings. The normalized spacial score (nSPS) is 11.6. The van der Waals surface area contributed by atoms with Gasteiger partial charge in [-0.1, -0.05) is 11.6 Å². The van der Waals surface area contributed by atoms with Gasteiger partial charge in [0.05, 0.1) is 13.7 Å². The van der Waals surface area contributed by atoms with Crippen LogP contribution in [0.2, 0.25) is 0 Å². The lowest BCUT2D eigenvalue weighted by molar-refractivity contribution is -0.131. The molecule has 0 fully saturated rings. The number of carbonyl (C=O) groups is 2. The van der Waals surface area contributed by atoms with Crippen LogP contribution in [0.1, 0.15) is 25.0 Å². The monoisotopic (exact) mass is 398 g/mol. The van der Waals surface area contributed by atoms with Crippen LogP contribution < -0.4 is 25.1 Å². The molecule has 0 saturated carbocycles. The van der Waals surface area contributed by atoms with E-state index in [4.69, 9.17) is 14.2 Å². The highest BCUT2D eigenvalue weighted by Gasteiger charge is 2.15. The van der Waals surface area contributed by atoms with E-state index in [1.54, 1.807) is 44.4 Å². The van der Waals surface area contributed by atoms with Gasteiger partial charge in [-0.15, -0.1) is 0 Å². The van der Waals surface area contributed by atoms with Crippen molar-refractivity contribution >= 4 is 17.9 Å². The minimum atomic E-state index is -0.797. The van der Waals surface area contributed by atoms with Gasteiger partial charge in [-0.05, 0) is 63.2 Å². The van der Waals surface area contributed by atoms with E-state index in [0.29, 0.717) is 18.1 Å². The number of carbonyl (C=O) groups excluding carboxylic acids is 2. The molecule has 0 radical (unpaired) electrons. The van der Waals surface area contributed by atoms with Crippen LogP contribution in [-0.4, -0.2) is 31.6 Å². The molecule has 0 aliphatic heterocycles. The van der Waals surface area contributed by atoms with E-state index >= 15 is 0 Å². The molecule has 0 unspecified atom stereocenters. The van der Waals surface area contributed by atoms with Crippen LogP contribution in [0.25, 0.3) is 6.08 Å². The molecule has 2 aromatic carbocycles. The predicted molar refractivity (Wildman–Crippen MR) is 111 cm³/mol. The summed E-state index contributed by atoms with van der Waals surface area (Å²) in [6.07, 6.45) is 2.14. The average Bonchev–Trinajstić information content (AvgIpc) is 2.72. The fourth-order valence-electron chi connectivity index (χ4n) is 2.45. The summed E-state index contributed by atoms with van der Waals surface area (Å²) >= 11 is 0. The number of hydrogen-bond donors (Lipinski definition) is 2. The SMILES string of the molecule is CCOc1ccc(O[C@H](C)C(=O)NNC(=O)/C=C/c2cc(C)ccc2OC)cc1. The highest BCUT2D eigenvalue weighted by molar-refractivity contribution is 5.93. The molecule has 2 aromatic rings. The summed E-state index contributed by atoms with van der Waals surface area (Å²) in [7, 11) is 1.56. The first-order chi connectivity index (χ1) is 13.9. The summed E-state index contributed by atoms with van der Waals surface area (Å²) in [6, 6.07) is 12.6. The molecule has 7 nitrogen and oxygen atoms in total. The van der Waals surface area contributed by atoms with Gasteiger partial charge in [0.1, 0.15) is 17.2 Å².